The van der Waals surface area contributed by atoms with Crippen LogP contribution in [0.2, 0.25) is 13.1 Å². The molecule has 0 nitrogen and oxygen atoms in total. The number of hydrogen-bond donors (Lipinski definition) is 0. The molecule has 0 saturated carbocycles. The molecule has 0 radical (unpaired) electrons. The summed E-state index contributed by atoms with van der Waals surface area (Å²) in [5.74, 6) is 1.16. The number of halogens is 2. The average molecular weight is 771 g/mol. The summed E-state index contributed by atoms with van der Waals surface area (Å²) in [7, 11) is 0. The first-order valence-corrected chi connectivity index (χ1v) is 23.1. The van der Waals surface area contributed by atoms with Gasteiger partial charge in [-0.25, -0.2) is 0 Å². The van der Waals surface area contributed by atoms with Gasteiger partial charge in [0.05, 0.1) is 0 Å². The molecule has 0 atom stereocenters. The molecule has 252 valence electrons. The van der Waals surface area contributed by atoms with E-state index in [0.717, 1.165) is 6.42 Å². The van der Waals surface area contributed by atoms with E-state index in [9.17, 15) is 0 Å². The Balaban J connectivity index is 0.000000289. The van der Waals surface area contributed by atoms with Gasteiger partial charge in [-0.2, -0.15) is 12.1 Å². The maximum atomic E-state index is 2.35. The van der Waals surface area contributed by atoms with E-state index < -0.39 is 0 Å². The normalized spacial score (nSPS) is 11.0. The van der Waals surface area contributed by atoms with Gasteiger partial charge in [0.1, 0.15) is 0 Å². The van der Waals surface area contributed by atoms with Crippen LogP contribution in [0.5, 0.6) is 0 Å². The third kappa shape index (κ3) is 10.9. The van der Waals surface area contributed by atoms with E-state index in [0.29, 0.717) is 11.8 Å². The van der Waals surface area contributed by atoms with Crippen molar-refractivity contribution in [1.29, 1.82) is 0 Å². The maximum Gasteiger partial charge on any atom is -1.00 e. The quantitative estimate of drug-likeness (QED) is 0.127. The second-order valence-corrected chi connectivity index (χ2v) is 23.8. The van der Waals surface area contributed by atoms with Gasteiger partial charge in [0.15, 0.2) is 0 Å². The molecule has 4 heteroatoms. The third-order valence-electron chi connectivity index (χ3n) is 8.61. The first-order valence-electron chi connectivity index (χ1n) is 16.9. The van der Waals surface area contributed by atoms with E-state index >= 15 is 0 Å². The Morgan fingerprint density at radius 1 is 0.646 bits per heavy atom. The van der Waals surface area contributed by atoms with Crippen LogP contribution in [0.15, 0.2) is 109 Å². The summed E-state index contributed by atoms with van der Waals surface area (Å²) in [5, 5.41) is 5.45. The summed E-state index contributed by atoms with van der Waals surface area (Å²) in [6, 6.07) is 40.6. The van der Waals surface area contributed by atoms with Crippen molar-refractivity contribution in [1.82, 2.24) is 0 Å². The second kappa shape index (κ2) is 18.7. The van der Waals surface area contributed by atoms with Gasteiger partial charge >= 0.3 is 41.9 Å². The van der Waals surface area contributed by atoms with Gasteiger partial charge in [-0.1, -0.05) is 127 Å². The monoisotopic (exact) mass is 768 g/mol. The van der Waals surface area contributed by atoms with Crippen molar-refractivity contribution < 1.29 is 48.1 Å². The molecule has 0 spiro atoms. The van der Waals surface area contributed by atoms with Gasteiger partial charge in [0.2, 0.25) is 0 Å². The molecule has 0 fully saturated rings. The van der Waals surface area contributed by atoms with E-state index in [1.54, 1.807) is 23.3 Å². The molecule has 6 rings (SSSR count). The largest absolute Gasteiger partial charge is 1.00 e. The zero-order chi connectivity index (χ0) is 33.6. The van der Waals surface area contributed by atoms with Crippen LogP contribution in [0, 0.1) is 0 Å². The molecule has 0 N–H and O–H groups in total. The van der Waals surface area contributed by atoms with E-state index in [4.69, 9.17) is 0 Å². The maximum absolute atomic E-state index is 2.35. The Bertz CT molecular complexity index is 1880. The van der Waals surface area contributed by atoms with Crippen LogP contribution >= 0.6 is 0 Å². The molecule has 6 aromatic carbocycles. The molecular weight excluding hydrogens is 719 g/mol. The molecule has 0 aliphatic heterocycles. The number of rotatable bonds is 5. The number of hydrogen-bond acceptors (Lipinski definition) is 0. The third-order valence-corrected chi connectivity index (χ3v) is 8.61. The van der Waals surface area contributed by atoms with Crippen LogP contribution in [0.3, 0.4) is 0 Å². The zero-order valence-electron chi connectivity index (χ0n) is 30.5. The van der Waals surface area contributed by atoms with Crippen molar-refractivity contribution in [2.75, 3.05) is 0 Å². The molecule has 0 heterocycles. The fourth-order valence-corrected chi connectivity index (χ4v) is 5.79. The van der Waals surface area contributed by atoms with Crippen molar-refractivity contribution in [3.05, 3.63) is 131 Å². The molecule has 0 saturated heterocycles. The second-order valence-electron chi connectivity index (χ2n) is 14.4. The minimum Gasteiger partial charge on any atom is -1.00 e. The smallest absolute Gasteiger partial charge is 1.00 e. The molecule has 0 aliphatic rings. The fourth-order valence-electron chi connectivity index (χ4n) is 5.79. The molecular formula is C44H52Cl2SiZr-2. The minimum atomic E-state index is 0. The standard InChI is InChI=1S/2C21H23.C2H6Si.2ClH.Zr/c1-14(2)16-8-10-17(11-9-16)20-7-5-6-18-12-19(15(3)4)13-21(18)20;1-5-15-13-17-7-6-8-19(20(17)14-15)16-9-11-18(12-10-16)21(2,3)4;1-3-2;;;/h5-15H,1-4H3;6-14H,5H2,1-4H3;1-2H3;2*1H;/q2*-1;;;;+2/p-2. The Morgan fingerprint density at radius 2 is 1.10 bits per heavy atom. The SMILES string of the molecule is CC(C)c1ccc(-c2cccc3[cH-]c(C(C)C)cc23)cc1.CCc1cc2c(-c3ccc(C(C)(C)C)cc3)cccc2[cH-]1.C[Si](C)=[Zr+2].[Cl-].[Cl-]. The van der Waals surface area contributed by atoms with Crippen LogP contribution in [0.25, 0.3) is 43.8 Å². The number of fused-ring (bicyclic) bond motifs is 2. The van der Waals surface area contributed by atoms with Crippen molar-refractivity contribution in [2.45, 2.75) is 92.2 Å². The van der Waals surface area contributed by atoms with E-state index in [2.05, 4.69) is 178 Å². The predicted octanol–water partition coefficient (Wildman–Crippen LogP) is 7.35. The fraction of sp³-hybridized carbons (Fsp3) is 0.318. The van der Waals surface area contributed by atoms with Gasteiger partial charge in [-0.15, -0.1) is 69.1 Å². The van der Waals surface area contributed by atoms with E-state index in [1.807, 2.05) is 0 Å². The summed E-state index contributed by atoms with van der Waals surface area (Å²) in [6.45, 7) is 22.6. The van der Waals surface area contributed by atoms with Gasteiger partial charge in [-0.05, 0) is 45.9 Å². The molecule has 0 aliphatic carbocycles. The first kappa shape index (κ1) is 41.9. The minimum absolute atomic E-state index is 0. The number of benzene rings is 4. The summed E-state index contributed by atoms with van der Waals surface area (Å²) in [6.07, 6.45) is 1.09. The molecule has 0 unspecified atom stereocenters. The van der Waals surface area contributed by atoms with Crippen molar-refractivity contribution >= 4 is 27.0 Å². The van der Waals surface area contributed by atoms with Crippen LogP contribution in [0.4, 0.5) is 0 Å². The van der Waals surface area contributed by atoms with Crippen molar-refractivity contribution in [3.63, 3.8) is 0 Å². The first-order chi connectivity index (χ1) is 21.8. The Kier molecular flexibility index (Phi) is 16.3. The van der Waals surface area contributed by atoms with Crippen molar-refractivity contribution in [2.24, 2.45) is 0 Å². The Hall–Kier alpha value is -2.22. The Labute approximate surface area is 318 Å². The molecule has 0 amide bonds. The summed E-state index contributed by atoms with van der Waals surface area (Å²) >= 11 is 1.74. The molecule has 6 aromatic rings. The van der Waals surface area contributed by atoms with Crippen molar-refractivity contribution in [3.8, 4) is 22.3 Å². The molecule has 0 aromatic heterocycles. The van der Waals surface area contributed by atoms with Crippen LogP contribution in [-0.4, -0.2) is 5.43 Å². The topological polar surface area (TPSA) is 0 Å². The van der Waals surface area contributed by atoms with Crippen LogP contribution in [0.1, 0.15) is 89.5 Å². The summed E-state index contributed by atoms with van der Waals surface area (Å²) in [4.78, 5) is 0. The van der Waals surface area contributed by atoms with Gasteiger partial charge in [0.25, 0.3) is 0 Å². The Morgan fingerprint density at radius 3 is 1.54 bits per heavy atom. The van der Waals surface area contributed by atoms with E-state index in [1.165, 1.54) is 66.1 Å². The zero-order valence-corrected chi connectivity index (χ0v) is 35.5. The van der Waals surface area contributed by atoms with Gasteiger partial charge < -0.3 is 24.8 Å². The van der Waals surface area contributed by atoms with Crippen LogP contribution < -0.4 is 24.8 Å². The molecule has 0 bridgehead atoms. The average Bonchev–Trinajstić information content (AvgIpc) is 3.65. The molecule has 48 heavy (non-hydrogen) atoms. The summed E-state index contributed by atoms with van der Waals surface area (Å²) in [5.41, 5.74) is 11.4. The number of aryl methyl sites for hydroxylation is 1. The van der Waals surface area contributed by atoms with E-state index in [-0.39, 0.29) is 35.7 Å². The summed E-state index contributed by atoms with van der Waals surface area (Å²) < 4.78 is 0. The van der Waals surface area contributed by atoms with Crippen LogP contribution in [-0.2, 0) is 35.2 Å². The van der Waals surface area contributed by atoms with Gasteiger partial charge in [0, 0.05) is 0 Å². The van der Waals surface area contributed by atoms with Gasteiger partial charge in [-0.3, -0.25) is 0 Å². The predicted molar refractivity (Wildman–Crippen MR) is 204 cm³/mol.